The van der Waals surface area contributed by atoms with Crippen LogP contribution in [0, 0.1) is 0 Å². The number of hydrogen-bond donors (Lipinski definition) is 2. The van der Waals surface area contributed by atoms with Gasteiger partial charge in [-0.3, -0.25) is 9.69 Å². The zero-order chi connectivity index (χ0) is 14.1. The lowest BCUT2D eigenvalue weighted by Crippen LogP contribution is -2.39. The fourth-order valence-corrected chi connectivity index (χ4v) is 1.53. The van der Waals surface area contributed by atoms with Gasteiger partial charge in [0, 0.05) is 13.1 Å². The molecule has 0 bridgehead atoms. The van der Waals surface area contributed by atoms with Crippen molar-refractivity contribution in [3.05, 3.63) is 29.8 Å². The van der Waals surface area contributed by atoms with Crippen LogP contribution in [-0.4, -0.2) is 37.5 Å². The summed E-state index contributed by atoms with van der Waals surface area (Å²) in [4.78, 5) is 23.6. The Hall–Kier alpha value is -2.08. The van der Waals surface area contributed by atoms with Crippen molar-refractivity contribution in [1.82, 2.24) is 10.2 Å². The Labute approximate surface area is 112 Å². The number of benzene rings is 1. The van der Waals surface area contributed by atoms with E-state index in [0.29, 0.717) is 32.5 Å². The molecular weight excluding hydrogens is 246 g/mol. The molecule has 0 aliphatic carbocycles. The highest BCUT2D eigenvalue weighted by molar-refractivity contribution is 5.84. The van der Waals surface area contributed by atoms with Crippen LogP contribution in [0.5, 0.6) is 5.75 Å². The van der Waals surface area contributed by atoms with Crippen molar-refractivity contribution in [3.8, 4) is 5.75 Å². The highest BCUT2D eigenvalue weighted by Crippen LogP contribution is 2.12. The summed E-state index contributed by atoms with van der Waals surface area (Å²) in [5.41, 5.74) is 6.24. The fraction of sp³-hybridized carbons (Fsp3) is 0.385. The first-order valence-electron chi connectivity index (χ1n) is 6.04. The molecule has 0 unspecified atom stereocenters. The summed E-state index contributed by atoms with van der Waals surface area (Å²) in [5.74, 6) is 0.724. The van der Waals surface area contributed by atoms with Crippen LogP contribution in [0.2, 0.25) is 0 Å². The van der Waals surface area contributed by atoms with Gasteiger partial charge in [-0.05, 0) is 30.7 Å². The monoisotopic (exact) mass is 265 g/mol. The van der Waals surface area contributed by atoms with E-state index in [-0.39, 0.29) is 0 Å². The van der Waals surface area contributed by atoms with E-state index < -0.39 is 6.03 Å². The molecule has 0 saturated heterocycles. The zero-order valence-corrected chi connectivity index (χ0v) is 11.0. The fourth-order valence-electron chi connectivity index (χ4n) is 1.53. The number of carbonyl (C=O) groups excluding carboxylic acids is 2. The minimum Gasteiger partial charge on any atom is -0.497 e. The lowest BCUT2D eigenvalue weighted by molar-refractivity contribution is -0.115. The molecule has 0 fully saturated rings. The van der Waals surface area contributed by atoms with E-state index >= 15 is 0 Å². The summed E-state index contributed by atoms with van der Waals surface area (Å²) >= 11 is 0. The van der Waals surface area contributed by atoms with Crippen LogP contribution < -0.4 is 15.8 Å². The number of carbonyl (C=O) groups is 2. The largest absolute Gasteiger partial charge is 0.497 e. The van der Waals surface area contributed by atoms with Crippen molar-refractivity contribution in [1.29, 1.82) is 0 Å². The average molecular weight is 265 g/mol. The number of nitrogens with two attached hydrogens (primary N) is 1. The van der Waals surface area contributed by atoms with E-state index in [4.69, 9.17) is 10.5 Å². The van der Waals surface area contributed by atoms with E-state index in [1.807, 2.05) is 24.3 Å². The molecule has 0 radical (unpaired) electrons. The van der Waals surface area contributed by atoms with Gasteiger partial charge in [-0.1, -0.05) is 12.1 Å². The topological polar surface area (TPSA) is 84.7 Å². The molecule has 6 heteroatoms. The van der Waals surface area contributed by atoms with Crippen LogP contribution >= 0.6 is 0 Å². The maximum atomic E-state index is 11.7. The Morgan fingerprint density at radius 3 is 2.95 bits per heavy atom. The number of nitrogens with zero attached hydrogens (tertiary/aromatic N) is 1. The van der Waals surface area contributed by atoms with Gasteiger partial charge in [0.1, 0.15) is 5.75 Å². The predicted octanol–water partition coefficient (Wildman–Crippen LogP) is 0.712. The van der Waals surface area contributed by atoms with Gasteiger partial charge >= 0.3 is 6.03 Å². The third kappa shape index (κ3) is 4.97. The van der Waals surface area contributed by atoms with Gasteiger partial charge in [0.15, 0.2) is 0 Å². The third-order valence-electron chi connectivity index (χ3n) is 2.57. The SMILES string of the molecule is COc1cccc(CNC(=O)N(C=O)CCCN)c1. The summed E-state index contributed by atoms with van der Waals surface area (Å²) < 4.78 is 5.09. The van der Waals surface area contributed by atoms with Crippen LogP contribution in [0.4, 0.5) is 4.79 Å². The van der Waals surface area contributed by atoms with Crippen LogP contribution in [0.1, 0.15) is 12.0 Å². The smallest absolute Gasteiger partial charge is 0.324 e. The first-order chi connectivity index (χ1) is 9.21. The van der Waals surface area contributed by atoms with Gasteiger partial charge in [0.05, 0.1) is 7.11 Å². The lowest BCUT2D eigenvalue weighted by atomic mass is 10.2. The number of amides is 3. The molecule has 0 heterocycles. The number of methoxy groups -OCH3 is 1. The third-order valence-corrected chi connectivity index (χ3v) is 2.57. The Balaban J connectivity index is 2.49. The van der Waals surface area contributed by atoms with E-state index in [0.717, 1.165) is 16.2 Å². The lowest BCUT2D eigenvalue weighted by Gasteiger charge is -2.16. The van der Waals surface area contributed by atoms with Gasteiger partial charge in [0.2, 0.25) is 6.41 Å². The number of rotatable bonds is 7. The maximum Gasteiger partial charge on any atom is 0.324 e. The average Bonchev–Trinajstić information content (AvgIpc) is 2.46. The maximum absolute atomic E-state index is 11.7. The van der Waals surface area contributed by atoms with Crippen molar-refractivity contribution in [2.75, 3.05) is 20.2 Å². The molecule has 3 amide bonds. The molecule has 1 rings (SSSR count). The van der Waals surface area contributed by atoms with Crippen molar-refractivity contribution in [3.63, 3.8) is 0 Å². The molecule has 0 aliphatic rings. The zero-order valence-electron chi connectivity index (χ0n) is 11.0. The van der Waals surface area contributed by atoms with Crippen LogP contribution in [0.3, 0.4) is 0 Å². The van der Waals surface area contributed by atoms with Crippen LogP contribution in [-0.2, 0) is 11.3 Å². The Bertz CT molecular complexity index is 423. The number of nitrogens with one attached hydrogen (secondary N) is 1. The standard InChI is InChI=1S/C13H19N3O3/c1-19-12-5-2-4-11(8-12)9-15-13(18)16(10-17)7-3-6-14/h2,4-5,8,10H,3,6-7,9,14H2,1H3,(H,15,18). The molecule has 0 atom stereocenters. The first-order valence-corrected chi connectivity index (χ1v) is 6.04. The molecule has 0 saturated carbocycles. The Morgan fingerprint density at radius 2 is 2.32 bits per heavy atom. The van der Waals surface area contributed by atoms with Crippen molar-refractivity contribution in [2.45, 2.75) is 13.0 Å². The van der Waals surface area contributed by atoms with E-state index in [1.165, 1.54) is 0 Å². The van der Waals surface area contributed by atoms with Gasteiger partial charge in [-0.15, -0.1) is 0 Å². The molecule has 0 spiro atoms. The molecule has 104 valence electrons. The Kier molecular flexibility index (Phi) is 6.38. The van der Waals surface area contributed by atoms with Gasteiger partial charge in [-0.25, -0.2) is 4.79 Å². The molecule has 1 aromatic rings. The second-order valence-electron chi connectivity index (χ2n) is 3.95. The van der Waals surface area contributed by atoms with Crippen LogP contribution in [0.25, 0.3) is 0 Å². The predicted molar refractivity (Wildman–Crippen MR) is 71.7 cm³/mol. The second-order valence-corrected chi connectivity index (χ2v) is 3.95. The summed E-state index contributed by atoms with van der Waals surface area (Å²) in [5, 5.41) is 2.67. The number of ether oxygens (including phenoxy) is 1. The molecule has 19 heavy (non-hydrogen) atoms. The van der Waals surface area contributed by atoms with Gasteiger partial charge in [0.25, 0.3) is 0 Å². The first kappa shape index (κ1) is 15.0. The quantitative estimate of drug-likeness (QED) is 0.711. The Morgan fingerprint density at radius 1 is 1.53 bits per heavy atom. The minimum absolute atomic E-state index is 0.323. The molecule has 0 aliphatic heterocycles. The summed E-state index contributed by atoms with van der Waals surface area (Å²) in [6.07, 6.45) is 1.10. The highest BCUT2D eigenvalue weighted by atomic mass is 16.5. The van der Waals surface area contributed by atoms with Crippen molar-refractivity contribution >= 4 is 12.4 Å². The van der Waals surface area contributed by atoms with Crippen molar-refractivity contribution in [2.24, 2.45) is 5.73 Å². The number of hydrogen-bond acceptors (Lipinski definition) is 4. The second kappa shape index (κ2) is 8.10. The van der Waals surface area contributed by atoms with E-state index in [9.17, 15) is 9.59 Å². The molecular formula is C13H19N3O3. The molecule has 3 N–H and O–H groups in total. The molecule has 0 aromatic heterocycles. The summed E-state index contributed by atoms with van der Waals surface area (Å²) in [6, 6.07) is 6.93. The van der Waals surface area contributed by atoms with Crippen molar-refractivity contribution < 1.29 is 14.3 Å². The molecule has 1 aromatic carbocycles. The van der Waals surface area contributed by atoms with E-state index in [2.05, 4.69) is 5.32 Å². The molecule has 6 nitrogen and oxygen atoms in total. The highest BCUT2D eigenvalue weighted by Gasteiger charge is 2.11. The number of imide groups is 1. The number of urea groups is 1. The van der Waals surface area contributed by atoms with Gasteiger partial charge in [-0.2, -0.15) is 0 Å². The minimum atomic E-state index is -0.425. The summed E-state index contributed by atoms with van der Waals surface area (Å²) in [6.45, 7) is 1.10. The van der Waals surface area contributed by atoms with E-state index in [1.54, 1.807) is 7.11 Å². The normalized spacial score (nSPS) is 9.79. The van der Waals surface area contributed by atoms with Gasteiger partial charge < -0.3 is 15.8 Å². The summed E-state index contributed by atoms with van der Waals surface area (Å²) in [7, 11) is 1.58. The van der Waals surface area contributed by atoms with Crippen LogP contribution in [0.15, 0.2) is 24.3 Å².